The van der Waals surface area contributed by atoms with Crippen molar-refractivity contribution < 1.29 is 14.7 Å². The number of carbonyl (C=O) groups excluding carboxylic acids is 1. The highest BCUT2D eigenvalue weighted by Gasteiger charge is 2.33. The van der Waals surface area contributed by atoms with Gasteiger partial charge in [-0.1, -0.05) is 114 Å². The van der Waals surface area contributed by atoms with E-state index in [9.17, 15) is 9.59 Å². The number of amides is 1. The molecule has 0 bridgehead atoms. The van der Waals surface area contributed by atoms with Crippen LogP contribution in [0, 0.1) is 25.7 Å². The Balaban J connectivity index is 0.000000198. The second kappa shape index (κ2) is 21.5. The van der Waals surface area contributed by atoms with Gasteiger partial charge in [-0.05, 0) is 152 Å². The summed E-state index contributed by atoms with van der Waals surface area (Å²) in [6, 6.07) is 29.6. The maximum atomic E-state index is 12.4. The van der Waals surface area contributed by atoms with Crippen LogP contribution in [0.3, 0.4) is 0 Å². The molecule has 1 amide bonds. The van der Waals surface area contributed by atoms with E-state index in [0.717, 1.165) is 50.5 Å². The zero-order valence-corrected chi connectivity index (χ0v) is 34.3. The Kier molecular flexibility index (Phi) is 16.0. The lowest BCUT2D eigenvalue weighted by atomic mass is 9.78. The molecule has 3 aromatic carbocycles. The van der Waals surface area contributed by atoms with Crippen LogP contribution in [0.25, 0.3) is 0 Å². The van der Waals surface area contributed by atoms with Crippen molar-refractivity contribution in [1.29, 1.82) is 0 Å². The first-order valence-electron chi connectivity index (χ1n) is 21.9. The Morgan fingerprint density at radius 2 is 1.05 bits per heavy atom. The van der Waals surface area contributed by atoms with Gasteiger partial charge in [0.25, 0.3) is 0 Å². The number of carboxylic acid groups (broad SMARTS) is 1. The lowest BCUT2D eigenvalue weighted by Crippen LogP contribution is -2.38. The van der Waals surface area contributed by atoms with E-state index in [0.29, 0.717) is 30.5 Å². The predicted molar refractivity (Wildman–Crippen MR) is 230 cm³/mol. The Bertz CT molecular complexity index is 1700. The van der Waals surface area contributed by atoms with Gasteiger partial charge in [0, 0.05) is 30.8 Å². The monoisotopic (exact) mass is 758 g/mol. The van der Waals surface area contributed by atoms with Gasteiger partial charge >= 0.3 is 5.97 Å². The lowest BCUT2D eigenvalue weighted by Gasteiger charge is -2.41. The molecule has 7 rings (SSSR count). The fraction of sp³-hybridized carbons (Fsp3) is 0.520. The van der Waals surface area contributed by atoms with Crippen LogP contribution >= 0.6 is 0 Å². The fourth-order valence-electron chi connectivity index (χ4n) is 9.81. The second-order valence-corrected chi connectivity index (χ2v) is 17.0. The van der Waals surface area contributed by atoms with Crippen molar-refractivity contribution in [3.05, 3.63) is 130 Å². The first-order valence-corrected chi connectivity index (χ1v) is 21.9. The molecule has 2 aliphatic carbocycles. The fourth-order valence-corrected chi connectivity index (χ4v) is 9.81. The molecule has 2 aliphatic heterocycles. The van der Waals surface area contributed by atoms with Crippen molar-refractivity contribution in [3.8, 4) is 0 Å². The minimum absolute atomic E-state index is 0.0699. The summed E-state index contributed by atoms with van der Waals surface area (Å²) in [4.78, 5) is 28.7. The number of aryl methyl sites for hydroxylation is 2. The van der Waals surface area contributed by atoms with Gasteiger partial charge in [0.2, 0.25) is 5.91 Å². The van der Waals surface area contributed by atoms with E-state index < -0.39 is 5.97 Å². The van der Waals surface area contributed by atoms with Gasteiger partial charge in [-0.2, -0.15) is 0 Å². The number of hydrogen-bond acceptors (Lipinski definition) is 4. The van der Waals surface area contributed by atoms with E-state index in [4.69, 9.17) is 5.11 Å². The van der Waals surface area contributed by atoms with Crippen LogP contribution < -0.4 is 5.32 Å². The number of likely N-dealkylation sites (tertiary alicyclic amines) is 2. The number of rotatable bonds is 11. The van der Waals surface area contributed by atoms with E-state index in [2.05, 4.69) is 89.6 Å². The summed E-state index contributed by atoms with van der Waals surface area (Å²) in [5, 5.41) is 12.0. The molecular formula is C50H67N3O3. The second-order valence-electron chi connectivity index (χ2n) is 17.0. The van der Waals surface area contributed by atoms with E-state index in [-0.39, 0.29) is 5.91 Å². The van der Waals surface area contributed by atoms with E-state index in [1.165, 1.54) is 117 Å². The molecule has 2 heterocycles. The standard InChI is InChI=1S/C29H38N2O.C21H29NO2/c1-23-10-14-26(15-11-23)29(31-20-6-3-7-21-31)27-16-12-25(13-17-27)22-28(32)30-19-18-24-8-4-2-5-9-24;1-16-5-9-18(10-6-16)21(22-13-3-2-4-14-22)19-11-7-17(8-12-19)15-20(23)24/h2,4-5,8-11,14-15,22,27,29H,3,6-7,12-13,16-21H2,1H3,(H,30,32);5-6,9-10,15,19,21H,2-4,7-8,11-14H2,1H3,(H,23,24). The van der Waals surface area contributed by atoms with E-state index >= 15 is 0 Å². The molecule has 2 atom stereocenters. The molecule has 3 aromatic rings. The Morgan fingerprint density at radius 3 is 1.48 bits per heavy atom. The molecule has 2 N–H and O–H groups in total. The molecular weight excluding hydrogens is 691 g/mol. The number of hydrogen-bond donors (Lipinski definition) is 2. The third-order valence-electron chi connectivity index (χ3n) is 12.9. The van der Waals surface area contributed by atoms with Gasteiger partial charge in [-0.15, -0.1) is 0 Å². The summed E-state index contributed by atoms with van der Waals surface area (Å²) in [5.74, 6) is 0.584. The molecule has 0 radical (unpaired) electrons. The van der Waals surface area contributed by atoms with Crippen molar-refractivity contribution in [2.75, 3.05) is 32.7 Å². The molecule has 4 fully saturated rings. The zero-order chi connectivity index (χ0) is 39.1. The average molecular weight is 758 g/mol. The third kappa shape index (κ3) is 12.5. The summed E-state index contributed by atoms with van der Waals surface area (Å²) in [7, 11) is 0. The van der Waals surface area contributed by atoms with Gasteiger partial charge in [0.15, 0.2) is 0 Å². The highest BCUT2D eigenvalue weighted by atomic mass is 16.4. The number of carboxylic acids is 1. The molecule has 6 heteroatoms. The van der Waals surface area contributed by atoms with Crippen LogP contribution in [0.4, 0.5) is 0 Å². The van der Waals surface area contributed by atoms with Crippen LogP contribution in [0.5, 0.6) is 0 Å². The molecule has 2 saturated carbocycles. The number of aliphatic carboxylic acids is 1. The van der Waals surface area contributed by atoms with Crippen LogP contribution in [0.15, 0.2) is 102 Å². The Morgan fingerprint density at radius 1 is 0.625 bits per heavy atom. The minimum Gasteiger partial charge on any atom is -0.478 e. The van der Waals surface area contributed by atoms with Crippen LogP contribution in [-0.2, 0) is 16.0 Å². The molecule has 0 spiro atoms. The number of nitrogens with one attached hydrogen (secondary N) is 1. The van der Waals surface area contributed by atoms with Crippen LogP contribution in [-0.4, -0.2) is 59.5 Å². The number of piperidine rings is 2. The van der Waals surface area contributed by atoms with Gasteiger partial charge in [-0.25, -0.2) is 4.79 Å². The first-order chi connectivity index (χ1) is 27.3. The largest absolute Gasteiger partial charge is 0.478 e. The SMILES string of the molecule is Cc1ccc(C(C2CCC(=CC(=O)NCCc3ccccc3)CC2)N2CCCCC2)cc1.Cc1ccc(C(C2CCC(=CC(=O)O)CC2)N2CCCCC2)cc1. The van der Waals surface area contributed by atoms with Gasteiger partial charge in [0.1, 0.15) is 0 Å². The molecule has 4 aliphatic rings. The van der Waals surface area contributed by atoms with Crippen LogP contribution in [0.1, 0.15) is 130 Å². The van der Waals surface area contributed by atoms with Crippen molar-refractivity contribution in [3.63, 3.8) is 0 Å². The number of carbonyl (C=O) groups is 2. The lowest BCUT2D eigenvalue weighted by molar-refractivity contribution is -0.131. The predicted octanol–water partition coefficient (Wildman–Crippen LogP) is 10.7. The summed E-state index contributed by atoms with van der Waals surface area (Å²) >= 11 is 0. The maximum absolute atomic E-state index is 12.4. The first kappa shape index (κ1) is 41.6. The van der Waals surface area contributed by atoms with Crippen molar-refractivity contribution in [1.82, 2.24) is 15.1 Å². The highest BCUT2D eigenvalue weighted by molar-refractivity contribution is 5.88. The Hall–Kier alpha value is -4.00. The summed E-state index contributed by atoms with van der Waals surface area (Å²) < 4.78 is 0. The highest BCUT2D eigenvalue weighted by Crippen LogP contribution is 2.42. The smallest absolute Gasteiger partial charge is 0.328 e. The maximum Gasteiger partial charge on any atom is 0.328 e. The quantitative estimate of drug-likeness (QED) is 0.191. The molecule has 0 aromatic heterocycles. The third-order valence-corrected chi connectivity index (χ3v) is 12.9. The zero-order valence-electron chi connectivity index (χ0n) is 34.3. The van der Waals surface area contributed by atoms with Gasteiger partial charge in [0.05, 0.1) is 0 Å². The van der Waals surface area contributed by atoms with Crippen molar-refractivity contribution in [2.24, 2.45) is 11.8 Å². The number of benzene rings is 3. The van der Waals surface area contributed by atoms with Crippen LogP contribution in [0.2, 0.25) is 0 Å². The van der Waals surface area contributed by atoms with E-state index in [1.807, 2.05) is 24.3 Å². The average Bonchev–Trinajstić information content (AvgIpc) is 3.22. The molecule has 2 saturated heterocycles. The summed E-state index contributed by atoms with van der Waals surface area (Å²) in [6.45, 7) is 9.86. The molecule has 56 heavy (non-hydrogen) atoms. The minimum atomic E-state index is -0.797. The number of allylic oxidation sites excluding steroid dienone is 2. The van der Waals surface area contributed by atoms with E-state index in [1.54, 1.807) is 0 Å². The van der Waals surface area contributed by atoms with Crippen molar-refractivity contribution in [2.45, 2.75) is 122 Å². The molecule has 300 valence electrons. The number of nitrogens with zero attached hydrogens (tertiary/aromatic N) is 2. The Labute approximate surface area is 337 Å². The molecule has 2 unspecified atom stereocenters. The normalized spacial score (nSPS) is 21.9. The van der Waals surface area contributed by atoms with Crippen molar-refractivity contribution >= 4 is 11.9 Å². The summed E-state index contributed by atoms with van der Waals surface area (Å²) in [5.41, 5.74) is 9.26. The van der Waals surface area contributed by atoms with Gasteiger partial charge < -0.3 is 10.4 Å². The topological polar surface area (TPSA) is 72.9 Å². The molecule has 6 nitrogen and oxygen atoms in total. The summed E-state index contributed by atoms with van der Waals surface area (Å²) in [6.07, 6.45) is 20.7. The van der Waals surface area contributed by atoms with Gasteiger partial charge in [-0.3, -0.25) is 14.6 Å².